The van der Waals surface area contributed by atoms with Crippen LogP contribution in [-0.2, 0) is 22.6 Å². The lowest BCUT2D eigenvalue weighted by molar-refractivity contribution is -0.141. The van der Waals surface area contributed by atoms with Crippen molar-refractivity contribution in [1.82, 2.24) is 10.3 Å². The molecule has 1 saturated carbocycles. The molecule has 146 valence electrons. The Labute approximate surface area is 156 Å². The Morgan fingerprint density at radius 3 is 2.52 bits per heavy atom. The van der Waals surface area contributed by atoms with Crippen LogP contribution < -0.4 is 5.32 Å². The summed E-state index contributed by atoms with van der Waals surface area (Å²) in [5, 5.41) is 3.35. The second kappa shape index (κ2) is 7.59. The molecule has 1 fully saturated rings. The molecule has 27 heavy (non-hydrogen) atoms. The monoisotopic (exact) mass is 398 g/mol. The smallest absolute Gasteiger partial charge is 0.306 e. The Morgan fingerprint density at radius 2 is 1.96 bits per heavy atom. The molecule has 1 aromatic heterocycles. The van der Waals surface area contributed by atoms with Crippen LogP contribution in [0.25, 0.3) is 0 Å². The first-order chi connectivity index (χ1) is 12.7. The number of pyridine rings is 1. The Hall–Kier alpha value is -1.93. The van der Waals surface area contributed by atoms with E-state index in [1.54, 1.807) is 25.1 Å². The van der Waals surface area contributed by atoms with Crippen LogP contribution >= 0.6 is 0 Å². The number of halogens is 3. The maximum atomic E-state index is 12.6. The first-order valence-electron chi connectivity index (χ1n) is 8.79. The minimum Gasteiger partial charge on any atom is -0.306 e. The van der Waals surface area contributed by atoms with Crippen molar-refractivity contribution in [3.63, 3.8) is 0 Å². The van der Waals surface area contributed by atoms with Gasteiger partial charge in [0.1, 0.15) is 5.69 Å². The fourth-order valence-corrected chi connectivity index (χ4v) is 3.91. The molecule has 1 aromatic carbocycles. The molecule has 1 aliphatic rings. The van der Waals surface area contributed by atoms with Gasteiger partial charge in [-0.15, -0.1) is 0 Å². The van der Waals surface area contributed by atoms with Crippen molar-refractivity contribution in [2.75, 3.05) is 5.75 Å². The fourth-order valence-electron chi connectivity index (χ4n) is 2.98. The van der Waals surface area contributed by atoms with Crippen molar-refractivity contribution in [2.24, 2.45) is 5.92 Å². The zero-order valence-corrected chi connectivity index (χ0v) is 15.6. The quantitative estimate of drug-likeness (QED) is 0.762. The average Bonchev–Trinajstić information content (AvgIpc) is 3.47. The number of nitrogens with zero attached hydrogens (tertiary/aromatic N) is 1. The van der Waals surface area contributed by atoms with Gasteiger partial charge in [0.15, 0.2) is 9.84 Å². The van der Waals surface area contributed by atoms with Gasteiger partial charge in [-0.25, -0.2) is 8.42 Å². The molecule has 2 aromatic rings. The highest BCUT2D eigenvalue weighted by atomic mass is 32.2. The van der Waals surface area contributed by atoms with Gasteiger partial charge < -0.3 is 5.32 Å². The fraction of sp³-hybridized carbons (Fsp3) is 0.421. The van der Waals surface area contributed by atoms with Crippen molar-refractivity contribution in [2.45, 2.75) is 43.4 Å². The third-order valence-electron chi connectivity index (χ3n) is 4.69. The summed E-state index contributed by atoms with van der Waals surface area (Å²) in [6.07, 6.45) is -1.16. The van der Waals surface area contributed by atoms with Gasteiger partial charge in [-0.2, -0.15) is 13.2 Å². The lowest BCUT2D eigenvalue weighted by Crippen LogP contribution is -2.23. The van der Waals surface area contributed by atoms with E-state index in [2.05, 4.69) is 10.3 Å². The molecule has 1 atom stereocenters. The molecule has 0 unspecified atom stereocenters. The van der Waals surface area contributed by atoms with Gasteiger partial charge in [0.25, 0.3) is 0 Å². The zero-order chi connectivity index (χ0) is 19.7. The van der Waals surface area contributed by atoms with E-state index in [1.807, 2.05) is 6.07 Å². The Morgan fingerprint density at radius 1 is 1.22 bits per heavy atom. The van der Waals surface area contributed by atoms with Crippen LogP contribution in [0.4, 0.5) is 13.2 Å². The second-order valence-electron chi connectivity index (χ2n) is 6.72. The van der Waals surface area contributed by atoms with Crippen LogP contribution in [0.15, 0.2) is 47.5 Å². The van der Waals surface area contributed by atoms with Gasteiger partial charge in [-0.1, -0.05) is 25.1 Å². The summed E-state index contributed by atoms with van der Waals surface area (Å²) in [6, 6.07) is 9.23. The first kappa shape index (κ1) is 19.8. The molecule has 8 heteroatoms. The van der Waals surface area contributed by atoms with E-state index >= 15 is 0 Å². The van der Waals surface area contributed by atoms with Crippen molar-refractivity contribution >= 4 is 9.84 Å². The van der Waals surface area contributed by atoms with Gasteiger partial charge in [0, 0.05) is 18.8 Å². The minimum absolute atomic E-state index is 0.0369. The summed E-state index contributed by atoms with van der Waals surface area (Å²) in [5.74, 6) is 0.432. The van der Waals surface area contributed by atoms with Gasteiger partial charge in [0.05, 0.1) is 10.6 Å². The molecule has 4 nitrogen and oxygen atoms in total. The largest absolute Gasteiger partial charge is 0.433 e. The Kier molecular flexibility index (Phi) is 5.58. The predicted octanol–water partition coefficient (Wildman–Crippen LogP) is 4.13. The maximum Gasteiger partial charge on any atom is 0.433 e. The molecular formula is C19H21F3N2O2S. The third kappa shape index (κ3) is 4.87. The SMILES string of the molecule is CCS(=O)(=O)c1cccc([C@@H](NCc2ccc(C(F)(F)F)nc2)C2CC2)c1. The summed E-state index contributed by atoms with van der Waals surface area (Å²) < 4.78 is 62.1. The van der Waals surface area contributed by atoms with Crippen LogP contribution in [0.1, 0.15) is 42.6 Å². The molecule has 0 spiro atoms. The van der Waals surface area contributed by atoms with E-state index in [9.17, 15) is 21.6 Å². The highest BCUT2D eigenvalue weighted by Gasteiger charge is 2.33. The minimum atomic E-state index is -4.45. The first-order valence-corrected chi connectivity index (χ1v) is 10.4. The molecule has 0 aliphatic heterocycles. The van der Waals surface area contributed by atoms with Crippen LogP contribution in [0.2, 0.25) is 0 Å². The van der Waals surface area contributed by atoms with Gasteiger partial charge in [0.2, 0.25) is 0 Å². The molecule has 1 aliphatic carbocycles. The van der Waals surface area contributed by atoms with E-state index in [1.165, 1.54) is 12.3 Å². The summed E-state index contributed by atoms with van der Waals surface area (Å²) in [4.78, 5) is 3.77. The van der Waals surface area contributed by atoms with Crippen LogP contribution in [0, 0.1) is 5.92 Å². The maximum absolute atomic E-state index is 12.6. The molecule has 0 saturated heterocycles. The lowest BCUT2D eigenvalue weighted by atomic mass is 10.0. The standard InChI is InChI=1S/C19H21F3N2O2S/c1-2-27(25,26)16-5-3-4-15(10-16)18(14-7-8-14)24-12-13-6-9-17(23-11-13)19(20,21)22/h3-6,9-11,14,18,24H,2,7-8,12H2,1H3/t18-/m0/s1. The number of aromatic nitrogens is 1. The van der Waals surface area contributed by atoms with E-state index in [-0.39, 0.29) is 11.8 Å². The van der Waals surface area contributed by atoms with E-state index in [0.717, 1.165) is 24.5 Å². The number of hydrogen-bond acceptors (Lipinski definition) is 4. The summed E-state index contributed by atoms with van der Waals surface area (Å²) in [7, 11) is -3.29. The number of hydrogen-bond donors (Lipinski definition) is 1. The molecule has 3 rings (SSSR count). The highest BCUT2D eigenvalue weighted by Crippen LogP contribution is 2.41. The second-order valence-corrected chi connectivity index (χ2v) is 9.00. The van der Waals surface area contributed by atoms with Crippen molar-refractivity contribution < 1.29 is 21.6 Å². The van der Waals surface area contributed by atoms with Gasteiger partial charge >= 0.3 is 6.18 Å². The van der Waals surface area contributed by atoms with Gasteiger partial charge in [-0.3, -0.25) is 4.98 Å². The lowest BCUT2D eigenvalue weighted by Gasteiger charge is -2.20. The van der Waals surface area contributed by atoms with Crippen molar-refractivity contribution in [3.8, 4) is 0 Å². The zero-order valence-electron chi connectivity index (χ0n) is 14.8. The summed E-state index contributed by atoms with van der Waals surface area (Å²) in [6.45, 7) is 1.97. The Balaban J connectivity index is 1.75. The molecule has 1 heterocycles. The molecular weight excluding hydrogens is 377 g/mol. The molecule has 0 radical (unpaired) electrons. The number of sulfone groups is 1. The molecule has 0 bridgehead atoms. The number of rotatable bonds is 7. The number of nitrogens with one attached hydrogen (secondary N) is 1. The van der Waals surface area contributed by atoms with Crippen LogP contribution in [-0.4, -0.2) is 19.2 Å². The summed E-state index contributed by atoms with van der Waals surface area (Å²) >= 11 is 0. The van der Waals surface area contributed by atoms with E-state index < -0.39 is 21.7 Å². The molecule has 1 N–H and O–H groups in total. The number of alkyl halides is 3. The van der Waals surface area contributed by atoms with Crippen molar-refractivity contribution in [1.29, 1.82) is 0 Å². The van der Waals surface area contributed by atoms with Crippen LogP contribution in [0.3, 0.4) is 0 Å². The highest BCUT2D eigenvalue weighted by molar-refractivity contribution is 7.91. The number of benzene rings is 1. The molecule has 0 amide bonds. The van der Waals surface area contributed by atoms with Crippen LogP contribution in [0.5, 0.6) is 0 Å². The van der Waals surface area contributed by atoms with E-state index in [4.69, 9.17) is 0 Å². The third-order valence-corrected chi connectivity index (χ3v) is 6.42. The topological polar surface area (TPSA) is 59.1 Å². The van der Waals surface area contributed by atoms with Crippen molar-refractivity contribution in [3.05, 3.63) is 59.4 Å². The normalized spacial score (nSPS) is 16.3. The van der Waals surface area contributed by atoms with E-state index in [0.29, 0.717) is 22.9 Å². The Bertz CT molecular complexity index is 892. The van der Waals surface area contributed by atoms with Gasteiger partial charge in [-0.05, 0) is 48.1 Å². The summed E-state index contributed by atoms with van der Waals surface area (Å²) in [5.41, 5.74) is 0.611. The predicted molar refractivity (Wildman–Crippen MR) is 95.7 cm³/mol. The average molecular weight is 398 g/mol.